The molecule has 194 valence electrons. The Hall–Kier alpha value is -1.95. The van der Waals surface area contributed by atoms with Crippen LogP contribution >= 0.6 is 46.1 Å². The lowest BCUT2D eigenvalue weighted by Crippen LogP contribution is -2.47. The molecule has 0 fully saturated rings. The summed E-state index contributed by atoms with van der Waals surface area (Å²) in [6.45, 7) is 0.325. The first-order valence-corrected chi connectivity index (χ1v) is 14.4. The molecule has 0 unspecified atom stereocenters. The van der Waals surface area contributed by atoms with E-state index in [1.807, 2.05) is 24.3 Å². The van der Waals surface area contributed by atoms with Gasteiger partial charge in [0.25, 0.3) is 5.91 Å². The highest BCUT2D eigenvalue weighted by Crippen LogP contribution is 2.25. The predicted molar refractivity (Wildman–Crippen MR) is 142 cm³/mol. The third kappa shape index (κ3) is 8.03. The van der Waals surface area contributed by atoms with Crippen LogP contribution in [0.4, 0.5) is 4.39 Å². The minimum Gasteiger partial charge on any atom is -0.354 e. The Bertz CT molecular complexity index is 1300. The van der Waals surface area contributed by atoms with E-state index in [2.05, 4.69) is 15.4 Å². The summed E-state index contributed by atoms with van der Waals surface area (Å²) >= 11 is 18.9. The first-order chi connectivity index (χ1) is 17.1. The Morgan fingerprint density at radius 1 is 1.03 bits per heavy atom. The molecule has 3 rings (SSSR count). The van der Waals surface area contributed by atoms with E-state index in [1.165, 1.54) is 11.3 Å². The SMILES string of the molecule is O=C(N[C@@H](CC(Cl)Cl)C(=O)NCCCCNS(=O)(=O)c1ccc(F)cc1Cl)c1cc2ccccc2s1. The maximum absolute atomic E-state index is 13.1. The Kier molecular flexibility index (Phi) is 10.4. The van der Waals surface area contributed by atoms with Crippen molar-refractivity contribution in [1.29, 1.82) is 0 Å². The molecule has 0 spiro atoms. The molecule has 0 bridgehead atoms. The lowest BCUT2D eigenvalue weighted by molar-refractivity contribution is -0.123. The van der Waals surface area contributed by atoms with E-state index >= 15 is 0 Å². The van der Waals surface area contributed by atoms with E-state index in [4.69, 9.17) is 34.8 Å². The maximum Gasteiger partial charge on any atom is 0.262 e. The highest BCUT2D eigenvalue weighted by atomic mass is 35.5. The van der Waals surface area contributed by atoms with E-state index in [-0.39, 0.29) is 29.4 Å². The van der Waals surface area contributed by atoms with Crippen LogP contribution in [0.1, 0.15) is 28.9 Å². The van der Waals surface area contributed by atoms with E-state index in [0.717, 1.165) is 28.3 Å². The fraction of sp³-hybridized carbons (Fsp3) is 0.304. The minimum atomic E-state index is -3.90. The first kappa shape index (κ1) is 28.6. The van der Waals surface area contributed by atoms with Crippen LogP contribution in [0.15, 0.2) is 53.4 Å². The molecule has 13 heteroatoms. The Labute approximate surface area is 227 Å². The molecule has 0 saturated heterocycles. The van der Waals surface area contributed by atoms with Crippen molar-refractivity contribution >= 4 is 78.1 Å². The maximum atomic E-state index is 13.1. The van der Waals surface area contributed by atoms with Crippen LogP contribution in [0.5, 0.6) is 0 Å². The number of carbonyl (C=O) groups is 2. The summed E-state index contributed by atoms with van der Waals surface area (Å²) in [6.07, 6.45) is 0.877. The van der Waals surface area contributed by atoms with Crippen LogP contribution in [0.2, 0.25) is 5.02 Å². The third-order valence-corrected chi connectivity index (χ3v) is 8.48. The van der Waals surface area contributed by atoms with Crippen molar-refractivity contribution in [3.05, 3.63) is 64.2 Å². The summed E-state index contributed by atoms with van der Waals surface area (Å²) in [6, 6.07) is 11.4. The van der Waals surface area contributed by atoms with Gasteiger partial charge in [-0.05, 0) is 48.6 Å². The van der Waals surface area contributed by atoms with Crippen LogP contribution in [-0.2, 0) is 14.8 Å². The molecule has 2 aromatic carbocycles. The van der Waals surface area contributed by atoms with Crippen molar-refractivity contribution in [1.82, 2.24) is 15.4 Å². The second-order valence-electron chi connectivity index (χ2n) is 7.77. The van der Waals surface area contributed by atoms with E-state index in [1.54, 1.807) is 6.07 Å². The first-order valence-electron chi connectivity index (χ1n) is 10.9. The van der Waals surface area contributed by atoms with Crippen LogP contribution < -0.4 is 15.4 Å². The molecule has 1 heterocycles. The summed E-state index contributed by atoms with van der Waals surface area (Å²) < 4.78 is 41.1. The van der Waals surface area contributed by atoms with Crippen molar-refractivity contribution in [3.63, 3.8) is 0 Å². The molecular weight excluding hydrogens is 572 g/mol. The summed E-state index contributed by atoms with van der Waals surface area (Å²) in [5.74, 6) is -1.49. The molecule has 7 nitrogen and oxygen atoms in total. The van der Waals surface area contributed by atoms with E-state index in [0.29, 0.717) is 17.7 Å². The number of unbranched alkanes of at least 4 members (excludes halogenated alkanes) is 1. The quantitative estimate of drug-likeness (QED) is 0.206. The van der Waals surface area contributed by atoms with Gasteiger partial charge in [0.1, 0.15) is 21.6 Å². The van der Waals surface area contributed by atoms with Gasteiger partial charge >= 0.3 is 0 Å². The average Bonchev–Trinajstić information content (AvgIpc) is 3.24. The fourth-order valence-corrected chi connectivity index (χ4v) is 6.22. The number of nitrogens with one attached hydrogen (secondary N) is 3. The average molecular weight is 595 g/mol. The van der Waals surface area contributed by atoms with Crippen molar-refractivity contribution in [2.45, 2.75) is 35.0 Å². The Balaban J connectivity index is 1.47. The topological polar surface area (TPSA) is 104 Å². The van der Waals surface area contributed by atoms with Gasteiger partial charge in [-0.15, -0.1) is 34.5 Å². The molecule has 3 N–H and O–H groups in total. The second kappa shape index (κ2) is 13.0. The fourth-order valence-electron chi connectivity index (χ4n) is 3.30. The van der Waals surface area contributed by atoms with Crippen molar-refractivity contribution in [3.8, 4) is 0 Å². The zero-order chi connectivity index (χ0) is 26.3. The molecule has 3 aromatic rings. The number of fused-ring (bicyclic) bond motifs is 1. The summed E-state index contributed by atoms with van der Waals surface area (Å²) in [5, 5.41) is 6.11. The number of rotatable bonds is 12. The number of hydrogen-bond acceptors (Lipinski definition) is 5. The van der Waals surface area contributed by atoms with Gasteiger partial charge in [-0.25, -0.2) is 17.5 Å². The van der Waals surface area contributed by atoms with Gasteiger partial charge in [-0.1, -0.05) is 29.8 Å². The molecule has 36 heavy (non-hydrogen) atoms. The Morgan fingerprint density at radius 3 is 2.44 bits per heavy atom. The number of hydrogen-bond donors (Lipinski definition) is 3. The largest absolute Gasteiger partial charge is 0.354 e. The summed E-state index contributed by atoms with van der Waals surface area (Å²) in [4.78, 5) is 24.8. The smallest absolute Gasteiger partial charge is 0.262 e. The zero-order valence-corrected chi connectivity index (χ0v) is 22.7. The molecule has 0 aliphatic heterocycles. The number of benzene rings is 2. The van der Waals surface area contributed by atoms with Gasteiger partial charge < -0.3 is 10.6 Å². The highest BCUT2D eigenvalue weighted by Gasteiger charge is 2.24. The van der Waals surface area contributed by atoms with E-state index < -0.39 is 38.5 Å². The van der Waals surface area contributed by atoms with Crippen molar-refractivity contribution in [2.75, 3.05) is 13.1 Å². The van der Waals surface area contributed by atoms with Crippen LogP contribution in [0.3, 0.4) is 0 Å². The van der Waals surface area contributed by atoms with Crippen LogP contribution in [0.25, 0.3) is 10.1 Å². The molecule has 0 aliphatic carbocycles. The van der Waals surface area contributed by atoms with Gasteiger partial charge in [0, 0.05) is 24.2 Å². The number of halogens is 4. The lowest BCUT2D eigenvalue weighted by Gasteiger charge is -2.18. The molecule has 0 saturated carbocycles. The minimum absolute atomic E-state index is 0.0177. The summed E-state index contributed by atoms with van der Waals surface area (Å²) in [7, 11) is -3.90. The van der Waals surface area contributed by atoms with Crippen LogP contribution in [-0.4, -0.2) is 44.2 Å². The number of amides is 2. The van der Waals surface area contributed by atoms with Crippen molar-refractivity contribution < 1.29 is 22.4 Å². The molecule has 0 aliphatic rings. The number of sulfonamides is 1. The standard InChI is InChI=1S/C23H23Cl3FN3O4S2/c24-16-12-15(27)7-8-20(16)36(33,34)29-10-4-3-9-28-22(31)17(13-21(25)26)30-23(32)19-11-14-5-1-2-6-18(14)35-19/h1-2,5-8,11-12,17,21,29H,3-4,9-10,13H2,(H,28,31)(H,30,32)/t17-/m0/s1. The van der Waals surface area contributed by atoms with E-state index in [9.17, 15) is 22.4 Å². The third-order valence-electron chi connectivity index (χ3n) is 5.06. The number of carbonyl (C=O) groups excluding carboxylic acids is 2. The predicted octanol–water partition coefficient (Wildman–Crippen LogP) is 4.86. The molecule has 2 amide bonds. The molecular formula is C23H23Cl3FN3O4S2. The van der Waals surface area contributed by atoms with Gasteiger partial charge in [0.05, 0.1) is 9.90 Å². The molecule has 1 atom stereocenters. The second-order valence-corrected chi connectivity index (χ2v) is 12.3. The highest BCUT2D eigenvalue weighted by molar-refractivity contribution is 7.89. The van der Waals surface area contributed by atoms with Gasteiger partial charge in [-0.2, -0.15) is 0 Å². The lowest BCUT2D eigenvalue weighted by atomic mass is 10.2. The molecule has 0 radical (unpaired) electrons. The van der Waals surface area contributed by atoms with Gasteiger partial charge in [0.15, 0.2) is 0 Å². The van der Waals surface area contributed by atoms with Gasteiger partial charge in [-0.3, -0.25) is 9.59 Å². The zero-order valence-electron chi connectivity index (χ0n) is 18.8. The number of thiophene rings is 1. The normalized spacial score (nSPS) is 12.6. The van der Waals surface area contributed by atoms with Crippen LogP contribution in [0, 0.1) is 5.82 Å². The molecule has 1 aromatic heterocycles. The number of alkyl halides is 2. The monoisotopic (exact) mass is 593 g/mol. The van der Waals surface area contributed by atoms with Crippen molar-refractivity contribution in [2.24, 2.45) is 0 Å². The summed E-state index contributed by atoms with van der Waals surface area (Å²) in [5.41, 5.74) is 0. The van der Waals surface area contributed by atoms with Gasteiger partial charge in [0.2, 0.25) is 15.9 Å². The Morgan fingerprint density at radius 2 is 1.75 bits per heavy atom.